The van der Waals surface area contributed by atoms with E-state index in [0.717, 1.165) is 13.2 Å². The normalized spacial score (nSPS) is 29.3. The van der Waals surface area contributed by atoms with Crippen molar-refractivity contribution >= 4 is 0 Å². The molecule has 0 N–H and O–H groups in total. The molecule has 2 heterocycles. The van der Waals surface area contributed by atoms with E-state index in [-0.39, 0.29) is 0 Å². The highest BCUT2D eigenvalue weighted by atomic mass is 16.5. The van der Waals surface area contributed by atoms with Crippen molar-refractivity contribution in [3.05, 3.63) is 35.9 Å². The Morgan fingerprint density at radius 2 is 2.00 bits per heavy atom. The number of ether oxygens (including phenoxy) is 1. The molecule has 0 aliphatic carbocycles. The lowest BCUT2D eigenvalue weighted by atomic mass is 9.78. The van der Waals surface area contributed by atoms with Crippen LogP contribution in [0.3, 0.4) is 0 Å². The minimum absolute atomic E-state index is 0.307. The van der Waals surface area contributed by atoms with E-state index in [1.807, 2.05) is 0 Å². The first-order chi connectivity index (χ1) is 7.33. The van der Waals surface area contributed by atoms with Crippen molar-refractivity contribution in [3.63, 3.8) is 0 Å². The number of hydrogen-bond acceptors (Lipinski definition) is 2. The molecule has 1 aromatic rings. The highest BCUT2D eigenvalue weighted by Crippen LogP contribution is 2.45. The molecule has 2 saturated heterocycles. The highest BCUT2D eigenvalue weighted by Gasteiger charge is 2.52. The van der Waals surface area contributed by atoms with Crippen LogP contribution >= 0.6 is 0 Å². The van der Waals surface area contributed by atoms with Crippen LogP contribution in [0, 0.1) is 0 Å². The summed E-state index contributed by atoms with van der Waals surface area (Å²) in [7, 11) is 2.23. The van der Waals surface area contributed by atoms with Gasteiger partial charge >= 0.3 is 0 Å². The van der Waals surface area contributed by atoms with Crippen LogP contribution in [0.2, 0.25) is 0 Å². The Balaban J connectivity index is 1.94. The summed E-state index contributed by atoms with van der Waals surface area (Å²) >= 11 is 0. The van der Waals surface area contributed by atoms with E-state index in [2.05, 4.69) is 42.3 Å². The van der Waals surface area contributed by atoms with Gasteiger partial charge in [-0.15, -0.1) is 0 Å². The van der Waals surface area contributed by atoms with Crippen LogP contribution in [0.1, 0.15) is 17.9 Å². The third kappa shape index (κ3) is 1.25. The third-order valence-electron chi connectivity index (χ3n) is 4.07. The van der Waals surface area contributed by atoms with Crippen LogP contribution < -0.4 is 0 Å². The van der Waals surface area contributed by atoms with Crippen molar-refractivity contribution in [1.29, 1.82) is 0 Å². The van der Waals surface area contributed by atoms with Crippen LogP contribution in [-0.2, 0) is 4.74 Å². The molecule has 2 aliphatic rings. The molecule has 2 fully saturated rings. The predicted octanol–water partition coefficient (Wildman–Crippen LogP) is 1.87. The Kier molecular flexibility index (Phi) is 2.08. The zero-order valence-corrected chi connectivity index (χ0v) is 9.15. The van der Waals surface area contributed by atoms with Gasteiger partial charge in [-0.2, -0.15) is 0 Å². The van der Waals surface area contributed by atoms with Gasteiger partial charge in [0, 0.05) is 5.92 Å². The van der Waals surface area contributed by atoms with Crippen molar-refractivity contribution in [2.24, 2.45) is 0 Å². The minimum Gasteiger partial charge on any atom is -0.377 e. The van der Waals surface area contributed by atoms with E-state index in [9.17, 15) is 0 Å². The average Bonchev–Trinajstić information content (AvgIpc) is 2.56. The summed E-state index contributed by atoms with van der Waals surface area (Å²) in [6, 6.07) is 10.9. The molecule has 0 aromatic heterocycles. The van der Waals surface area contributed by atoms with Crippen LogP contribution in [0.15, 0.2) is 30.3 Å². The Hall–Kier alpha value is -0.860. The number of benzene rings is 1. The predicted molar refractivity (Wildman–Crippen MR) is 60.0 cm³/mol. The van der Waals surface area contributed by atoms with Crippen LogP contribution in [0.5, 0.6) is 0 Å². The quantitative estimate of drug-likeness (QED) is 0.691. The van der Waals surface area contributed by atoms with Crippen LogP contribution in [-0.4, -0.2) is 37.2 Å². The van der Waals surface area contributed by atoms with Crippen molar-refractivity contribution in [1.82, 2.24) is 4.90 Å². The van der Waals surface area contributed by atoms with Crippen molar-refractivity contribution in [2.45, 2.75) is 17.9 Å². The molecule has 2 heteroatoms. The lowest BCUT2D eigenvalue weighted by molar-refractivity contribution is -0.123. The lowest BCUT2D eigenvalue weighted by Gasteiger charge is -2.47. The maximum atomic E-state index is 5.44. The number of rotatable bonds is 1. The second-order valence-corrected chi connectivity index (χ2v) is 4.77. The number of likely N-dealkylation sites (tertiary alicyclic amines) is 1. The maximum absolute atomic E-state index is 5.44. The summed E-state index contributed by atoms with van der Waals surface area (Å²) in [5.74, 6) is 0.664. The average molecular weight is 203 g/mol. The van der Waals surface area contributed by atoms with E-state index in [4.69, 9.17) is 4.74 Å². The van der Waals surface area contributed by atoms with Gasteiger partial charge in [-0.25, -0.2) is 0 Å². The zero-order valence-electron chi connectivity index (χ0n) is 9.15. The first-order valence-corrected chi connectivity index (χ1v) is 5.67. The molecule has 0 saturated carbocycles. The maximum Gasteiger partial charge on any atom is 0.0745 e. The molecule has 1 spiro atoms. The van der Waals surface area contributed by atoms with Gasteiger partial charge in [0.2, 0.25) is 0 Å². The Bertz CT molecular complexity index is 345. The molecule has 1 aromatic carbocycles. The molecule has 0 bridgehead atoms. The third-order valence-corrected chi connectivity index (χ3v) is 4.07. The standard InChI is InChI=1S/C13H17NO/c1-14-8-7-12(13(14)9-15-10-13)11-5-3-2-4-6-11/h2-6,12H,7-10H2,1H3/t12-/m0/s1. The van der Waals surface area contributed by atoms with E-state index in [0.29, 0.717) is 11.5 Å². The second-order valence-electron chi connectivity index (χ2n) is 4.77. The number of likely N-dealkylation sites (N-methyl/N-ethyl adjacent to an activating group) is 1. The minimum atomic E-state index is 0.307. The fourth-order valence-corrected chi connectivity index (χ4v) is 2.98. The smallest absolute Gasteiger partial charge is 0.0745 e. The summed E-state index contributed by atoms with van der Waals surface area (Å²) in [6.45, 7) is 3.01. The largest absolute Gasteiger partial charge is 0.377 e. The number of nitrogens with zero attached hydrogens (tertiary/aromatic N) is 1. The Morgan fingerprint density at radius 3 is 2.60 bits per heavy atom. The molecule has 0 amide bonds. The lowest BCUT2D eigenvalue weighted by Crippen LogP contribution is -2.60. The molecule has 0 unspecified atom stereocenters. The van der Waals surface area contributed by atoms with Gasteiger partial charge in [0.1, 0.15) is 0 Å². The van der Waals surface area contributed by atoms with Gasteiger partial charge in [-0.1, -0.05) is 30.3 Å². The van der Waals surface area contributed by atoms with Crippen LogP contribution in [0.25, 0.3) is 0 Å². The highest BCUT2D eigenvalue weighted by molar-refractivity contribution is 5.28. The monoisotopic (exact) mass is 203 g/mol. The molecule has 0 radical (unpaired) electrons. The molecule has 80 valence electrons. The molecule has 3 rings (SSSR count). The fourth-order valence-electron chi connectivity index (χ4n) is 2.98. The van der Waals surface area contributed by atoms with Crippen molar-refractivity contribution in [3.8, 4) is 0 Å². The first kappa shape index (κ1) is 9.37. The molecule has 15 heavy (non-hydrogen) atoms. The molecule has 1 atom stereocenters. The SMILES string of the molecule is CN1CC[C@@H](c2ccccc2)C12COC2. The molecule has 2 aliphatic heterocycles. The van der Waals surface area contributed by atoms with Gasteiger partial charge in [0.25, 0.3) is 0 Å². The van der Waals surface area contributed by atoms with Crippen molar-refractivity contribution in [2.75, 3.05) is 26.8 Å². The van der Waals surface area contributed by atoms with Crippen LogP contribution in [0.4, 0.5) is 0 Å². The van der Waals surface area contributed by atoms with Gasteiger partial charge in [0.05, 0.1) is 18.8 Å². The Labute approximate surface area is 90.8 Å². The molecular formula is C13H17NO. The fraction of sp³-hybridized carbons (Fsp3) is 0.538. The number of hydrogen-bond donors (Lipinski definition) is 0. The van der Waals surface area contributed by atoms with Crippen molar-refractivity contribution < 1.29 is 4.74 Å². The Morgan fingerprint density at radius 1 is 1.27 bits per heavy atom. The summed E-state index contributed by atoms with van der Waals surface area (Å²) in [5.41, 5.74) is 1.78. The summed E-state index contributed by atoms with van der Waals surface area (Å²) in [6.07, 6.45) is 1.27. The molecular weight excluding hydrogens is 186 g/mol. The second kappa shape index (κ2) is 3.32. The van der Waals surface area contributed by atoms with Gasteiger partial charge in [-0.3, -0.25) is 4.90 Å². The zero-order chi connectivity index (χ0) is 10.3. The molecule has 2 nitrogen and oxygen atoms in total. The van der Waals surface area contributed by atoms with E-state index in [1.165, 1.54) is 18.5 Å². The first-order valence-electron chi connectivity index (χ1n) is 5.67. The summed E-state index contributed by atoms with van der Waals surface area (Å²) < 4.78 is 5.44. The summed E-state index contributed by atoms with van der Waals surface area (Å²) in [5, 5.41) is 0. The van der Waals surface area contributed by atoms with Gasteiger partial charge in [-0.05, 0) is 25.6 Å². The topological polar surface area (TPSA) is 12.5 Å². The van der Waals surface area contributed by atoms with E-state index in [1.54, 1.807) is 0 Å². The van der Waals surface area contributed by atoms with Gasteiger partial charge < -0.3 is 4.74 Å². The van der Waals surface area contributed by atoms with E-state index < -0.39 is 0 Å². The van der Waals surface area contributed by atoms with E-state index >= 15 is 0 Å². The van der Waals surface area contributed by atoms with Gasteiger partial charge in [0.15, 0.2) is 0 Å². The summed E-state index contributed by atoms with van der Waals surface area (Å²) in [4.78, 5) is 2.48.